The third-order valence-corrected chi connectivity index (χ3v) is 3.71. The Balaban J connectivity index is 2.19. The molecule has 0 atom stereocenters. The van der Waals surface area contributed by atoms with Gasteiger partial charge in [0.2, 0.25) is 0 Å². The zero-order valence-electron chi connectivity index (χ0n) is 9.28. The first-order valence-corrected chi connectivity index (χ1v) is 6.38. The summed E-state index contributed by atoms with van der Waals surface area (Å²) in [7, 11) is 0. The van der Waals surface area contributed by atoms with E-state index in [1.807, 2.05) is 28.9 Å². The Morgan fingerprint density at radius 2 is 2.18 bits per heavy atom. The molecule has 0 unspecified atom stereocenters. The van der Waals surface area contributed by atoms with E-state index in [9.17, 15) is 0 Å². The van der Waals surface area contributed by atoms with Gasteiger partial charge < -0.3 is 11.1 Å². The van der Waals surface area contributed by atoms with Crippen LogP contribution in [0.5, 0.6) is 0 Å². The fraction of sp³-hybridized carbons (Fsp3) is 0.250. The highest BCUT2D eigenvalue weighted by molar-refractivity contribution is 9.10. The molecule has 88 valence electrons. The van der Waals surface area contributed by atoms with Gasteiger partial charge in [-0.3, -0.25) is 0 Å². The van der Waals surface area contributed by atoms with Gasteiger partial charge in [0.25, 0.3) is 0 Å². The minimum Gasteiger partial charge on any atom is -0.382 e. The molecule has 1 aromatic carbocycles. The molecule has 0 amide bonds. The van der Waals surface area contributed by atoms with Gasteiger partial charge in [-0.25, -0.2) is 4.68 Å². The summed E-state index contributed by atoms with van der Waals surface area (Å²) < 4.78 is 2.99. The number of nitrogens with zero attached hydrogens (tertiary/aromatic N) is 2. The molecular formula is C12H13BrN4. The number of benzene rings is 1. The molecule has 5 heteroatoms. The van der Waals surface area contributed by atoms with Crippen molar-refractivity contribution >= 4 is 21.7 Å². The lowest BCUT2D eigenvalue weighted by atomic mass is 10.1. The van der Waals surface area contributed by atoms with Crippen molar-refractivity contribution in [2.24, 2.45) is 0 Å². The van der Waals surface area contributed by atoms with Crippen molar-refractivity contribution in [3.8, 4) is 5.69 Å². The lowest BCUT2D eigenvalue weighted by Crippen LogP contribution is -2.24. The first-order chi connectivity index (χ1) is 8.27. The van der Waals surface area contributed by atoms with Crippen LogP contribution in [0, 0.1) is 0 Å². The highest BCUT2D eigenvalue weighted by Gasteiger charge is 2.20. The Morgan fingerprint density at radius 1 is 1.35 bits per heavy atom. The molecule has 0 aliphatic carbocycles. The molecule has 1 aliphatic heterocycles. The number of hydrogen-bond donors (Lipinski definition) is 2. The summed E-state index contributed by atoms with van der Waals surface area (Å²) in [5.74, 6) is 0.628. The smallest absolute Gasteiger partial charge is 0.150 e. The topological polar surface area (TPSA) is 55.9 Å². The average Bonchev–Trinajstić information content (AvgIpc) is 2.68. The summed E-state index contributed by atoms with van der Waals surface area (Å²) in [5.41, 5.74) is 9.35. The van der Waals surface area contributed by atoms with Crippen molar-refractivity contribution < 1.29 is 0 Å². The molecule has 2 heterocycles. The van der Waals surface area contributed by atoms with E-state index in [4.69, 9.17) is 5.73 Å². The number of fused-ring (bicyclic) bond motifs is 1. The highest BCUT2D eigenvalue weighted by atomic mass is 79.9. The van der Waals surface area contributed by atoms with E-state index in [1.54, 1.807) is 0 Å². The summed E-state index contributed by atoms with van der Waals surface area (Å²) >= 11 is 3.55. The maximum atomic E-state index is 5.96. The van der Waals surface area contributed by atoms with Gasteiger partial charge in [-0.05, 0) is 28.1 Å². The fourth-order valence-corrected chi connectivity index (χ4v) is 2.65. The minimum atomic E-state index is 0.628. The van der Waals surface area contributed by atoms with Crippen LogP contribution in [0.25, 0.3) is 5.69 Å². The van der Waals surface area contributed by atoms with Crippen molar-refractivity contribution in [1.29, 1.82) is 0 Å². The monoisotopic (exact) mass is 292 g/mol. The van der Waals surface area contributed by atoms with Crippen LogP contribution < -0.4 is 11.1 Å². The van der Waals surface area contributed by atoms with Crippen LogP contribution >= 0.6 is 15.9 Å². The van der Waals surface area contributed by atoms with Crippen molar-refractivity contribution in [2.45, 2.75) is 13.0 Å². The first kappa shape index (κ1) is 10.8. The minimum absolute atomic E-state index is 0.628. The van der Waals surface area contributed by atoms with E-state index in [1.165, 1.54) is 5.69 Å². The van der Waals surface area contributed by atoms with Crippen LogP contribution in [-0.4, -0.2) is 16.3 Å². The van der Waals surface area contributed by atoms with Crippen LogP contribution in [0.1, 0.15) is 11.3 Å². The zero-order chi connectivity index (χ0) is 11.8. The van der Waals surface area contributed by atoms with Gasteiger partial charge in [-0.1, -0.05) is 12.1 Å². The summed E-state index contributed by atoms with van der Waals surface area (Å²) in [6.07, 6.45) is 0.959. The number of halogens is 1. The van der Waals surface area contributed by atoms with Crippen LogP contribution in [0.3, 0.4) is 0 Å². The van der Waals surface area contributed by atoms with Gasteiger partial charge in [-0.2, -0.15) is 5.10 Å². The Labute approximate surface area is 108 Å². The maximum Gasteiger partial charge on any atom is 0.150 e. The lowest BCUT2D eigenvalue weighted by Gasteiger charge is -2.15. The molecule has 3 N–H and O–H groups in total. The number of nitrogens with two attached hydrogens (primary N) is 1. The molecule has 0 bridgehead atoms. The van der Waals surface area contributed by atoms with E-state index in [0.29, 0.717) is 5.82 Å². The number of hydrogen-bond acceptors (Lipinski definition) is 3. The van der Waals surface area contributed by atoms with E-state index < -0.39 is 0 Å². The van der Waals surface area contributed by atoms with Crippen molar-refractivity contribution in [3.63, 3.8) is 0 Å². The zero-order valence-corrected chi connectivity index (χ0v) is 10.9. The van der Waals surface area contributed by atoms with E-state index in [0.717, 1.165) is 35.2 Å². The molecule has 3 rings (SSSR count). The number of para-hydroxylation sites is 1. The standard InChI is InChI=1S/C12H13BrN4/c13-9-3-1-2-4-11(9)17-10-5-6-15-7-8(10)12(14)16-17/h1-4,15H,5-7H2,(H2,14,16). The molecule has 0 fully saturated rings. The van der Waals surface area contributed by atoms with E-state index in [2.05, 4.69) is 26.3 Å². The summed E-state index contributed by atoms with van der Waals surface area (Å²) in [5, 5.41) is 7.76. The Morgan fingerprint density at radius 3 is 3.00 bits per heavy atom. The number of aromatic nitrogens is 2. The normalized spacial score (nSPS) is 14.6. The SMILES string of the molecule is Nc1nn(-c2ccccc2Br)c2c1CNCC2. The first-order valence-electron chi connectivity index (χ1n) is 5.59. The van der Waals surface area contributed by atoms with Crippen LogP contribution in [0.15, 0.2) is 28.7 Å². The highest BCUT2D eigenvalue weighted by Crippen LogP contribution is 2.27. The van der Waals surface area contributed by atoms with Gasteiger partial charge >= 0.3 is 0 Å². The predicted molar refractivity (Wildman–Crippen MR) is 71.1 cm³/mol. The van der Waals surface area contributed by atoms with Gasteiger partial charge in [0, 0.05) is 29.5 Å². The Hall–Kier alpha value is -1.33. The largest absolute Gasteiger partial charge is 0.382 e. The molecule has 17 heavy (non-hydrogen) atoms. The number of anilines is 1. The molecule has 4 nitrogen and oxygen atoms in total. The van der Waals surface area contributed by atoms with Crippen LogP contribution in [0.2, 0.25) is 0 Å². The fourth-order valence-electron chi connectivity index (χ4n) is 2.20. The van der Waals surface area contributed by atoms with Crippen molar-refractivity contribution in [3.05, 3.63) is 40.0 Å². The second kappa shape index (κ2) is 4.16. The summed E-state index contributed by atoms with van der Waals surface area (Å²) in [6.45, 7) is 1.79. The lowest BCUT2D eigenvalue weighted by molar-refractivity contribution is 0.623. The summed E-state index contributed by atoms with van der Waals surface area (Å²) in [6, 6.07) is 8.05. The molecule has 2 aromatic rings. The van der Waals surface area contributed by atoms with E-state index >= 15 is 0 Å². The van der Waals surface area contributed by atoms with Gasteiger partial charge in [0.05, 0.1) is 11.4 Å². The van der Waals surface area contributed by atoms with Gasteiger partial charge in [-0.15, -0.1) is 0 Å². The van der Waals surface area contributed by atoms with Gasteiger partial charge in [0.1, 0.15) is 0 Å². The summed E-state index contributed by atoms with van der Waals surface area (Å²) in [4.78, 5) is 0. The molecule has 0 saturated heterocycles. The molecule has 0 radical (unpaired) electrons. The second-order valence-electron chi connectivity index (χ2n) is 4.10. The molecule has 1 aromatic heterocycles. The number of rotatable bonds is 1. The maximum absolute atomic E-state index is 5.96. The molecule has 0 saturated carbocycles. The molecular weight excluding hydrogens is 280 g/mol. The van der Waals surface area contributed by atoms with Crippen LogP contribution in [-0.2, 0) is 13.0 Å². The molecule has 0 spiro atoms. The second-order valence-corrected chi connectivity index (χ2v) is 4.95. The van der Waals surface area contributed by atoms with Crippen LogP contribution in [0.4, 0.5) is 5.82 Å². The van der Waals surface area contributed by atoms with E-state index in [-0.39, 0.29) is 0 Å². The quantitative estimate of drug-likeness (QED) is 0.844. The third-order valence-electron chi connectivity index (χ3n) is 3.04. The number of nitrogen functional groups attached to an aromatic ring is 1. The Bertz CT molecular complexity index is 562. The van der Waals surface area contributed by atoms with Crippen molar-refractivity contribution in [2.75, 3.05) is 12.3 Å². The number of nitrogens with one attached hydrogen (secondary N) is 1. The predicted octanol–water partition coefficient (Wildman–Crippen LogP) is 1.86. The van der Waals surface area contributed by atoms with Crippen molar-refractivity contribution in [1.82, 2.24) is 15.1 Å². The average molecular weight is 293 g/mol. The Kier molecular flexibility index (Phi) is 2.64. The molecule has 1 aliphatic rings. The van der Waals surface area contributed by atoms with Gasteiger partial charge in [0.15, 0.2) is 5.82 Å². The third kappa shape index (κ3) is 1.75.